The number of benzene rings is 1. The molecule has 1 amide bonds. The van der Waals surface area contributed by atoms with E-state index in [1.165, 1.54) is 11.8 Å². The molecule has 1 aromatic rings. The first-order chi connectivity index (χ1) is 13.0. The number of thioether (sulfide) groups is 1. The Labute approximate surface area is 160 Å². The van der Waals surface area contributed by atoms with Crippen LogP contribution in [0.1, 0.15) is 12.8 Å². The number of rotatable bonds is 2. The Morgan fingerprint density at radius 3 is 2.89 bits per heavy atom. The van der Waals surface area contributed by atoms with E-state index >= 15 is 0 Å². The van der Waals surface area contributed by atoms with Gasteiger partial charge in [0.1, 0.15) is 6.10 Å². The van der Waals surface area contributed by atoms with Crippen molar-refractivity contribution < 1.29 is 27.4 Å². The Hall–Kier alpha value is -1.78. The molecule has 4 aliphatic rings. The van der Waals surface area contributed by atoms with E-state index in [0.717, 1.165) is 12.1 Å². The van der Waals surface area contributed by atoms with Crippen LogP contribution < -0.4 is 14.4 Å². The number of sulfone groups is 1. The molecule has 3 saturated heterocycles. The number of amides is 1. The van der Waals surface area contributed by atoms with Crippen molar-refractivity contribution in [1.29, 1.82) is 0 Å². The first kappa shape index (κ1) is 17.3. The molecule has 1 aromatic carbocycles. The van der Waals surface area contributed by atoms with Crippen LogP contribution in [0.25, 0.3) is 0 Å². The van der Waals surface area contributed by atoms with Crippen LogP contribution >= 0.6 is 11.8 Å². The van der Waals surface area contributed by atoms with Crippen molar-refractivity contribution >= 4 is 38.4 Å². The first-order valence-electron chi connectivity index (χ1n) is 8.80. The van der Waals surface area contributed by atoms with E-state index in [1.54, 1.807) is 6.07 Å². The molecule has 0 aliphatic carbocycles. The van der Waals surface area contributed by atoms with Crippen molar-refractivity contribution in [3.05, 3.63) is 18.2 Å². The molecule has 0 unspecified atom stereocenters. The summed E-state index contributed by atoms with van der Waals surface area (Å²) in [5, 5.41) is 0.385. The topological polar surface area (TPSA) is 94.5 Å². The number of fused-ring (bicyclic) bond motifs is 2. The molecule has 0 radical (unpaired) electrons. The highest BCUT2D eigenvalue weighted by atomic mass is 32.2. The minimum atomic E-state index is -3.11. The summed E-state index contributed by atoms with van der Waals surface area (Å²) in [7, 11) is -3.11. The Morgan fingerprint density at radius 1 is 1.22 bits per heavy atom. The van der Waals surface area contributed by atoms with E-state index < -0.39 is 15.9 Å². The van der Waals surface area contributed by atoms with Gasteiger partial charge in [0.2, 0.25) is 6.79 Å². The molecule has 0 spiro atoms. The van der Waals surface area contributed by atoms with Gasteiger partial charge in [-0.25, -0.2) is 8.42 Å². The van der Waals surface area contributed by atoms with Gasteiger partial charge in [0.25, 0.3) is 5.91 Å². The molecule has 4 heterocycles. The van der Waals surface area contributed by atoms with E-state index in [4.69, 9.17) is 14.2 Å². The maximum Gasteiger partial charge on any atom is 0.277 e. The predicted molar refractivity (Wildman–Crippen MR) is 100 cm³/mol. The maximum atomic E-state index is 12.5. The number of anilines is 1. The van der Waals surface area contributed by atoms with Crippen molar-refractivity contribution in [2.75, 3.05) is 29.8 Å². The Bertz CT molecular complexity index is 925. The Balaban J connectivity index is 1.51. The molecule has 144 valence electrons. The number of amidine groups is 1. The summed E-state index contributed by atoms with van der Waals surface area (Å²) in [4.78, 5) is 18.7. The lowest BCUT2D eigenvalue weighted by molar-refractivity contribution is -0.126. The van der Waals surface area contributed by atoms with Gasteiger partial charge in [0.15, 0.2) is 26.5 Å². The van der Waals surface area contributed by atoms with Gasteiger partial charge >= 0.3 is 0 Å². The predicted octanol–water partition coefficient (Wildman–Crippen LogP) is 1.20. The molecule has 5 rings (SSSR count). The van der Waals surface area contributed by atoms with Crippen LogP contribution in [0.15, 0.2) is 23.2 Å². The van der Waals surface area contributed by atoms with Crippen LogP contribution in [0, 0.1) is 0 Å². The number of ether oxygens (including phenoxy) is 3. The molecule has 3 fully saturated rings. The van der Waals surface area contributed by atoms with E-state index in [1.807, 2.05) is 17.0 Å². The summed E-state index contributed by atoms with van der Waals surface area (Å²) in [5.74, 6) is 1.09. The van der Waals surface area contributed by atoms with Gasteiger partial charge in [-0.1, -0.05) is 11.8 Å². The lowest BCUT2D eigenvalue weighted by Crippen LogP contribution is -2.38. The zero-order valence-corrected chi connectivity index (χ0v) is 16.0. The van der Waals surface area contributed by atoms with E-state index in [9.17, 15) is 13.2 Å². The molecule has 0 N–H and O–H groups in total. The summed E-state index contributed by atoms with van der Waals surface area (Å²) in [5.41, 5.74) is 0.746. The highest BCUT2D eigenvalue weighted by molar-refractivity contribution is 8.16. The quantitative estimate of drug-likeness (QED) is 0.718. The fourth-order valence-electron chi connectivity index (χ4n) is 3.84. The average Bonchev–Trinajstić information content (AvgIpc) is 3.36. The fraction of sp³-hybridized carbons (Fsp3) is 0.529. The standard InChI is InChI=1S/C17H18N2O6S2/c20-16(13-2-1-5-23-13)18-17-19(11-7-27(21,22)8-15(11)26-17)10-3-4-12-14(6-10)25-9-24-12/h3-4,6,11,13,15H,1-2,5,7-9H2/t11-,13-,15-/m1/s1. The molecule has 8 nitrogen and oxygen atoms in total. The molecular weight excluding hydrogens is 392 g/mol. The van der Waals surface area contributed by atoms with E-state index in [-0.39, 0.29) is 35.5 Å². The third kappa shape index (κ3) is 3.09. The Kier molecular flexibility index (Phi) is 4.10. The molecule has 27 heavy (non-hydrogen) atoms. The van der Waals surface area contributed by atoms with Gasteiger partial charge in [-0.2, -0.15) is 4.99 Å². The number of carbonyl (C=O) groups excluding carboxylic acids is 1. The molecule has 4 aliphatic heterocycles. The lowest BCUT2D eigenvalue weighted by Gasteiger charge is -2.24. The van der Waals surface area contributed by atoms with Crippen molar-refractivity contribution in [2.45, 2.75) is 30.2 Å². The van der Waals surface area contributed by atoms with E-state index in [2.05, 4.69) is 4.99 Å². The molecule has 0 saturated carbocycles. The molecule has 3 atom stereocenters. The lowest BCUT2D eigenvalue weighted by atomic mass is 10.2. The second-order valence-electron chi connectivity index (χ2n) is 6.94. The molecule has 10 heteroatoms. The average molecular weight is 410 g/mol. The number of hydrogen-bond acceptors (Lipinski definition) is 7. The minimum Gasteiger partial charge on any atom is -0.454 e. The van der Waals surface area contributed by atoms with Gasteiger partial charge in [-0.05, 0) is 25.0 Å². The minimum absolute atomic E-state index is 0.0479. The van der Waals surface area contributed by atoms with Crippen molar-refractivity contribution in [3.8, 4) is 11.5 Å². The third-order valence-electron chi connectivity index (χ3n) is 5.11. The van der Waals surface area contributed by atoms with Crippen LogP contribution in [-0.4, -0.2) is 61.8 Å². The van der Waals surface area contributed by atoms with Crippen molar-refractivity contribution in [3.63, 3.8) is 0 Å². The second-order valence-corrected chi connectivity index (χ2v) is 10.3. The zero-order valence-electron chi connectivity index (χ0n) is 14.4. The number of hydrogen-bond donors (Lipinski definition) is 0. The van der Waals surface area contributed by atoms with Crippen LogP contribution in [-0.2, 0) is 19.4 Å². The summed E-state index contributed by atoms with van der Waals surface area (Å²) in [6.07, 6.45) is 1.02. The molecular formula is C17H18N2O6S2. The monoisotopic (exact) mass is 410 g/mol. The second kappa shape index (κ2) is 6.39. The van der Waals surface area contributed by atoms with Crippen LogP contribution in [0.5, 0.6) is 11.5 Å². The summed E-state index contributed by atoms with van der Waals surface area (Å²) in [6, 6.07) is 5.19. The molecule has 0 bridgehead atoms. The molecule has 0 aromatic heterocycles. The third-order valence-corrected chi connectivity index (χ3v) is 8.32. The maximum absolute atomic E-state index is 12.5. The van der Waals surface area contributed by atoms with Crippen molar-refractivity contribution in [2.24, 2.45) is 4.99 Å². The van der Waals surface area contributed by atoms with Gasteiger partial charge in [0, 0.05) is 23.6 Å². The summed E-state index contributed by atoms with van der Waals surface area (Å²) >= 11 is 1.36. The smallest absolute Gasteiger partial charge is 0.277 e. The van der Waals surface area contributed by atoms with Crippen molar-refractivity contribution in [1.82, 2.24) is 0 Å². The van der Waals surface area contributed by atoms with E-state index in [0.29, 0.717) is 29.7 Å². The van der Waals surface area contributed by atoms with Gasteiger partial charge in [-0.15, -0.1) is 0 Å². The first-order valence-corrected chi connectivity index (χ1v) is 11.5. The largest absolute Gasteiger partial charge is 0.454 e. The highest BCUT2D eigenvalue weighted by Crippen LogP contribution is 2.44. The van der Waals surface area contributed by atoms with Crippen LogP contribution in [0.3, 0.4) is 0 Å². The number of nitrogens with zero attached hydrogens (tertiary/aromatic N) is 2. The van der Waals surface area contributed by atoms with Gasteiger partial charge in [0.05, 0.1) is 17.5 Å². The summed E-state index contributed by atoms with van der Waals surface area (Å²) in [6.45, 7) is 0.732. The fourth-order valence-corrected chi connectivity index (χ4v) is 7.76. The number of aliphatic imine (C=N–C) groups is 1. The normalized spacial score (nSPS) is 32.2. The zero-order chi connectivity index (χ0) is 18.6. The Morgan fingerprint density at radius 2 is 2.07 bits per heavy atom. The summed E-state index contributed by atoms with van der Waals surface area (Å²) < 4.78 is 40.5. The van der Waals surface area contributed by atoms with Gasteiger partial charge < -0.3 is 19.1 Å². The highest BCUT2D eigenvalue weighted by Gasteiger charge is 2.49. The van der Waals surface area contributed by atoms with Crippen LogP contribution in [0.2, 0.25) is 0 Å². The number of carbonyl (C=O) groups is 1. The van der Waals surface area contributed by atoms with Gasteiger partial charge in [-0.3, -0.25) is 4.79 Å². The van der Waals surface area contributed by atoms with Crippen LogP contribution in [0.4, 0.5) is 5.69 Å². The SMILES string of the molecule is O=C(N=C1S[C@@H]2CS(=O)(=O)C[C@H]2N1c1ccc2c(c1)OCO2)[C@H]1CCCO1.